The number of nitrogens with two attached hydrogens (primary N) is 2. The predicted molar refractivity (Wildman–Crippen MR) is 83.3 cm³/mol. The van der Waals surface area contributed by atoms with Gasteiger partial charge in [0.15, 0.2) is 0 Å². The molecule has 0 radical (unpaired) electrons. The highest BCUT2D eigenvalue weighted by molar-refractivity contribution is 5.99. The largest absolute Gasteiger partial charge is 0.398 e. The van der Waals surface area contributed by atoms with E-state index in [-0.39, 0.29) is 0 Å². The second kappa shape index (κ2) is 5.65. The van der Waals surface area contributed by atoms with Gasteiger partial charge in [0.25, 0.3) is 5.91 Å². The van der Waals surface area contributed by atoms with Crippen molar-refractivity contribution in [2.45, 2.75) is 13.3 Å². The Hall–Kier alpha value is -2.49. The minimum Gasteiger partial charge on any atom is -0.398 e. The lowest BCUT2D eigenvalue weighted by molar-refractivity contribution is 0.100. The Labute approximate surface area is 119 Å². The average molecular weight is 269 g/mol. The van der Waals surface area contributed by atoms with Crippen LogP contribution < -0.4 is 16.4 Å². The molecule has 4 heteroatoms. The Kier molecular flexibility index (Phi) is 3.94. The molecule has 20 heavy (non-hydrogen) atoms. The zero-order valence-electron chi connectivity index (χ0n) is 11.8. The molecule has 0 bridgehead atoms. The Morgan fingerprint density at radius 2 is 1.70 bits per heavy atom. The number of nitrogen functional groups attached to an aromatic ring is 1. The van der Waals surface area contributed by atoms with E-state index in [0.29, 0.717) is 11.3 Å². The summed E-state index contributed by atoms with van der Waals surface area (Å²) in [6, 6.07) is 13.6. The molecule has 104 valence electrons. The van der Waals surface area contributed by atoms with Crippen molar-refractivity contribution < 1.29 is 4.79 Å². The SMILES string of the molecule is CCc1ccc(N(C)c2ccc(N)c(C(N)=O)c2)cc1. The van der Waals surface area contributed by atoms with E-state index in [9.17, 15) is 4.79 Å². The Morgan fingerprint density at radius 3 is 2.25 bits per heavy atom. The highest BCUT2D eigenvalue weighted by atomic mass is 16.1. The van der Waals surface area contributed by atoms with Gasteiger partial charge in [0.05, 0.1) is 5.56 Å². The zero-order valence-corrected chi connectivity index (χ0v) is 11.8. The van der Waals surface area contributed by atoms with Gasteiger partial charge in [-0.25, -0.2) is 0 Å². The fourth-order valence-electron chi connectivity index (χ4n) is 2.07. The highest BCUT2D eigenvalue weighted by Gasteiger charge is 2.10. The molecule has 0 aliphatic rings. The quantitative estimate of drug-likeness (QED) is 0.838. The van der Waals surface area contributed by atoms with Crippen LogP contribution in [0.2, 0.25) is 0 Å². The topological polar surface area (TPSA) is 72.3 Å². The third-order valence-corrected chi connectivity index (χ3v) is 3.42. The second-order valence-corrected chi connectivity index (χ2v) is 4.71. The molecule has 0 atom stereocenters. The van der Waals surface area contributed by atoms with Crippen LogP contribution in [0.15, 0.2) is 42.5 Å². The monoisotopic (exact) mass is 269 g/mol. The molecule has 0 unspecified atom stereocenters. The number of rotatable bonds is 4. The van der Waals surface area contributed by atoms with E-state index in [1.165, 1.54) is 5.56 Å². The Morgan fingerprint density at radius 1 is 1.10 bits per heavy atom. The lowest BCUT2D eigenvalue weighted by Crippen LogP contribution is -2.16. The first-order valence-corrected chi connectivity index (χ1v) is 6.55. The number of anilines is 3. The van der Waals surface area contributed by atoms with Gasteiger partial charge in [-0.2, -0.15) is 0 Å². The second-order valence-electron chi connectivity index (χ2n) is 4.71. The number of hydrogen-bond acceptors (Lipinski definition) is 3. The summed E-state index contributed by atoms with van der Waals surface area (Å²) >= 11 is 0. The van der Waals surface area contributed by atoms with Crippen LogP contribution in [0.25, 0.3) is 0 Å². The number of carbonyl (C=O) groups is 1. The van der Waals surface area contributed by atoms with Crippen LogP contribution in [-0.4, -0.2) is 13.0 Å². The van der Waals surface area contributed by atoms with Crippen molar-refractivity contribution in [3.05, 3.63) is 53.6 Å². The number of carbonyl (C=O) groups excluding carboxylic acids is 1. The summed E-state index contributed by atoms with van der Waals surface area (Å²) < 4.78 is 0. The molecule has 0 heterocycles. The van der Waals surface area contributed by atoms with Gasteiger partial charge >= 0.3 is 0 Å². The molecular formula is C16H19N3O. The molecule has 2 aromatic rings. The van der Waals surface area contributed by atoms with E-state index in [1.807, 2.05) is 18.0 Å². The minimum atomic E-state index is -0.515. The van der Waals surface area contributed by atoms with Crippen molar-refractivity contribution >= 4 is 23.0 Å². The molecule has 0 saturated carbocycles. The van der Waals surface area contributed by atoms with Crippen LogP contribution in [0.5, 0.6) is 0 Å². The molecular weight excluding hydrogens is 250 g/mol. The molecule has 1 amide bonds. The predicted octanol–water partition coefficient (Wildman–Crippen LogP) is 2.70. The number of primary amides is 1. The summed E-state index contributed by atoms with van der Waals surface area (Å²) in [6.07, 6.45) is 1.01. The summed E-state index contributed by atoms with van der Waals surface area (Å²) in [5.74, 6) is -0.515. The first-order chi connectivity index (χ1) is 9.52. The number of aryl methyl sites for hydroxylation is 1. The van der Waals surface area contributed by atoms with Gasteiger partial charge in [0.1, 0.15) is 0 Å². The molecule has 2 rings (SSSR count). The molecule has 2 aromatic carbocycles. The van der Waals surface area contributed by atoms with Gasteiger partial charge in [-0.1, -0.05) is 19.1 Å². The van der Waals surface area contributed by atoms with E-state index in [4.69, 9.17) is 11.5 Å². The maximum atomic E-state index is 11.3. The van der Waals surface area contributed by atoms with Crippen LogP contribution in [0.1, 0.15) is 22.8 Å². The van der Waals surface area contributed by atoms with Crippen LogP contribution in [0.3, 0.4) is 0 Å². The normalized spacial score (nSPS) is 10.3. The van der Waals surface area contributed by atoms with Gasteiger partial charge < -0.3 is 16.4 Å². The molecule has 0 spiro atoms. The maximum absolute atomic E-state index is 11.3. The van der Waals surface area contributed by atoms with E-state index < -0.39 is 5.91 Å². The van der Waals surface area contributed by atoms with Crippen LogP contribution in [0.4, 0.5) is 17.1 Å². The van der Waals surface area contributed by atoms with Crippen LogP contribution in [0, 0.1) is 0 Å². The van der Waals surface area contributed by atoms with Crippen LogP contribution >= 0.6 is 0 Å². The van der Waals surface area contributed by atoms with E-state index in [1.54, 1.807) is 12.1 Å². The highest BCUT2D eigenvalue weighted by Crippen LogP contribution is 2.26. The zero-order chi connectivity index (χ0) is 14.7. The summed E-state index contributed by atoms with van der Waals surface area (Å²) in [5.41, 5.74) is 15.0. The minimum absolute atomic E-state index is 0.347. The summed E-state index contributed by atoms with van der Waals surface area (Å²) in [5, 5.41) is 0. The number of hydrogen-bond donors (Lipinski definition) is 2. The fourth-order valence-corrected chi connectivity index (χ4v) is 2.07. The van der Waals surface area contributed by atoms with Gasteiger partial charge in [-0.3, -0.25) is 4.79 Å². The average Bonchev–Trinajstić information content (AvgIpc) is 2.47. The Bertz CT molecular complexity index is 620. The molecule has 0 aliphatic carbocycles. The first-order valence-electron chi connectivity index (χ1n) is 6.55. The van der Waals surface area contributed by atoms with Crippen molar-refractivity contribution in [2.75, 3.05) is 17.7 Å². The van der Waals surface area contributed by atoms with E-state index >= 15 is 0 Å². The lowest BCUT2D eigenvalue weighted by atomic mass is 10.1. The molecule has 0 saturated heterocycles. The van der Waals surface area contributed by atoms with Crippen molar-refractivity contribution in [3.8, 4) is 0 Å². The maximum Gasteiger partial charge on any atom is 0.250 e. The lowest BCUT2D eigenvalue weighted by Gasteiger charge is -2.20. The van der Waals surface area contributed by atoms with E-state index in [2.05, 4.69) is 31.2 Å². The number of nitrogens with zero attached hydrogens (tertiary/aromatic N) is 1. The Balaban J connectivity index is 2.34. The molecule has 0 aromatic heterocycles. The van der Waals surface area contributed by atoms with Crippen molar-refractivity contribution in [2.24, 2.45) is 5.73 Å². The van der Waals surface area contributed by atoms with E-state index in [0.717, 1.165) is 17.8 Å². The van der Waals surface area contributed by atoms with Crippen LogP contribution in [-0.2, 0) is 6.42 Å². The molecule has 0 aliphatic heterocycles. The molecule has 0 fully saturated rings. The van der Waals surface area contributed by atoms with Gasteiger partial charge in [0, 0.05) is 24.1 Å². The number of benzene rings is 2. The standard InChI is InChI=1S/C16H19N3O/c1-3-11-4-6-12(7-5-11)19(2)13-8-9-15(17)14(10-13)16(18)20/h4-10H,3,17H2,1-2H3,(H2,18,20). The first kappa shape index (κ1) is 13.9. The van der Waals surface area contributed by atoms with Crippen molar-refractivity contribution in [1.29, 1.82) is 0 Å². The summed E-state index contributed by atoms with van der Waals surface area (Å²) in [4.78, 5) is 13.3. The number of amides is 1. The van der Waals surface area contributed by atoms with Crippen molar-refractivity contribution in [3.63, 3.8) is 0 Å². The summed E-state index contributed by atoms with van der Waals surface area (Å²) in [7, 11) is 1.94. The fraction of sp³-hybridized carbons (Fsp3) is 0.188. The van der Waals surface area contributed by atoms with Crippen molar-refractivity contribution in [1.82, 2.24) is 0 Å². The third-order valence-electron chi connectivity index (χ3n) is 3.42. The van der Waals surface area contributed by atoms with Gasteiger partial charge in [-0.05, 0) is 42.3 Å². The molecule has 4 N–H and O–H groups in total. The third kappa shape index (κ3) is 2.74. The smallest absolute Gasteiger partial charge is 0.250 e. The van der Waals surface area contributed by atoms with Gasteiger partial charge in [-0.15, -0.1) is 0 Å². The van der Waals surface area contributed by atoms with Gasteiger partial charge in [0.2, 0.25) is 0 Å². The summed E-state index contributed by atoms with van der Waals surface area (Å²) in [6.45, 7) is 2.12. The molecule has 4 nitrogen and oxygen atoms in total.